The van der Waals surface area contributed by atoms with Crippen molar-refractivity contribution in [3.05, 3.63) is 94.3 Å². The number of imidazole rings is 1. The Balaban J connectivity index is 1.30. The number of aryl methyl sites for hydroxylation is 6. The molecule has 0 bridgehead atoms. The number of rotatable bonds is 11. The molecule has 0 saturated heterocycles. The summed E-state index contributed by atoms with van der Waals surface area (Å²) in [5.74, 6) is 2.01. The van der Waals surface area contributed by atoms with E-state index in [1.54, 1.807) is 0 Å². The van der Waals surface area contributed by atoms with Gasteiger partial charge in [0.15, 0.2) is 0 Å². The first-order valence-electron chi connectivity index (χ1n) is 12.9. The van der Waals surface area contributed by atoms with Crippen molar-refractivity contribution in [2.24, 2.45) is 0 Å². The Hall–Kier alpha value is -3.60. The van der Waals surface area contributed by atoms with Crippen molar-refractivity contribution in [1.82, 2.24) is 14.9 Å². The minimum Gasteiger partial charge on any atom is -0.494 e. The van der Waals surface area contributed by atoms with Crippen molar-refractivity contribution in [1.29, 1.82) is 0 Å². The van der Waals surface area contributed by atoms with Crippen molar-refractivity contribution < 1.29 is 9.53 Å². The fraction of sp³-hybridized carbons (Fsp3) is 0.355. The number of para-hydroxylation sites is 2. The van der Waals surface area contributed by atoms with Gasteiger partial charge in [0.25, 0.3) is 5.91 Å². The van der Waals surface area contributed by atoms with E-state index in [0.717, 1.165) is 60.4 Å². The Morgan fingerprint density at radius 1 is 0.889 bits per heavy atom. The molecular formula is C31H37N3O2. The summed E-state index contributed by atoms with van der Waals surface area (Å²) in [6, 6.07) is 20.5. The smallest absolute Gasteiger partial charge is 0.251 e. The molecule has 5 heteroatoms. The number of nitrogens with zero attached hydrogens (tertiary/aromatic N) is 2. The molecule has 5 nitrogen and oxygen atoms in total. The molecule has 0 radical (unpaired) electrons. The van der Waals surface area contributed by atoms with E-state index in [-0.39, 0.29) is 5.91 Å². The molecular weight excluding hydrogens is 446 g/mol. The van der Waals surface area contributed by atoms with Gasteiger partial charge in [-0.25, -0.2) is 4.98 Å². The number of carbonyl (C=O) groups excluding carboxylic acids is 1. The zero-order chi connectivity index (χ0) is 25.5. The highest BCUT2D eigenvalue weighted by Gasteiger charge is 2.12. The van der Waals surface area contributed by atoms with E-state index < -0.39 is 0 Å². The summed E-state index contributed by atoms with van der Waals surface area (Å²) in [5.41, 5.74) is 7.66. The van der Waals surface area contributed by atoms with Gasteiger partial charge in [0.2, 0.25) is 0 Å². The first-order chi connectivity index (χ1) is 17.4. The van der Waals surface area contributed by atoms with Crippen LogP contribution in [0.3, 0.4) is 0 Å². The van der Waals surface area contributed by atoms with Crippen LogP contribution in [0.1, 0.15) is 57.7 Å². The zero-order valence-electron chi connectivity index (χ0n) is 21.9. The second-order valence-electron chi connectivity index (χ2n) is 9.65. The molecule has 36 heavy (non-hydrogen) atoms. The number of ether oxygens (including phenoxy) is 1. The first-order valence-corrected chi connectivity index (χ1v) is 12.9. The highest BCUT2D eigenvalue weighted by molar-refractivity contribution is 5.95. The van der Waals surface area contributed by atoms with Crippen LogP contribution in [0.2, 0.25) is 0 Å². The van der Waals surface area contributed by atoms with E-state index in [1.807, 2.05) is 44.2 Å². The number of carbonyl (C=O) groups is 1. The third-order valence-corrected chi connectivity index (χ3v) is 6.75. The van der Waals surface area contributed by atoms with Gasteiger partial charge in [-0.1, -0.05) is 35.9 Å². The van der Waals surface area contributed by atoms with Gasteiger partial charge < -0.3 is 14.6 Å². The quantitative estimate of drug-likeness (QED) is 0.248. The van der Waals surface area contributed by atoms with Crippen LogP contribution in [0.15, 0.2) is 60.7 Å². The Bertz CT molecular complexity index is 1340. The van der Waals surface area contributed by atoms with Crippen LogP contribution in [-0.2, 0) is 13.0 Å². The van der Waals surface area contributed by atoms with Crippen molar-refractivity contribution in [3.8, 4) is 5.75 Å². The number of benzene rings is 3. The lowest BCUT2D eigenvalue weighted by Gasteiger charge is -2.11. The van der Waals surface area contributed by atoms with E-state index in [0.29, 0.717) is 13.2 Å². The molecule has 0 spiro atoms. The first kappa shape index (κ1) is 25.5. The fourth-order valence-corrected chi connectivity index (χ4v) is 4.54. The summed E-state index contributed by atoms with van der Waals surface area (Å²) in [6.07, 6.45) is 3.66. The third-order valence-electron chi connectivity index (χ3n) is 6.75. The number of hydrogen-bond acceptors (Lipinski definition) is 3. The number of hydrogen-bond donors (Lipinski definition) is 1. The predicted molar refractivity (Wildman–Crippen MR) is 147 cm³/mol. The highest BCUT2D eigenvalue weighted by atomic mass is 16.5. The van der Waals surface area contributed by atoms with Gasteiger partial charge in [-0.05, 0) is 94.0 Å². The molecule has 0 fully saturated rings. The molecule has 0 atom stereocenters. The van der Waals surface area contributed by atoms with Crippen LogP contribution in [0, 0.1) is 27.7 Å². The minimum absolute atomic E-state index is 0.00947. The van der Waals surface area contributed by atoms with E-state index in [9.17, 15) is 4.79 Å². The highest BCUT2D eigenvalue weighted by Crippen LogP contribution is 2.19. The lowest BCUT2D eigenvalue weighted by Crippen LogP contribution is -2.25. The molecule has 1 heterocycles. The molecule has 1 aromatic heterocycles. The van der Waals surface area contributed by atoms with Crippen LogP contribution in [0.4, 0.5) is 0 Å². The van der Waals surface area contributed by atoms with E-state index in [1.165, 1.54) is 22.2 Å². The van der Waals surface area contributed by atoms with E-state index in [2.05, 4.69) is 54.1 Å². The molecule has 1 N–H and O–H groups in total. The van der Waals surface area contributed by atoms with Gasteiger partial charge in [0.1, 0.15) is 11.6 Å². The molecule has 0 aliphatic rings. The zero-order valence-corrected chi connectivity index (χ0v) is 21.9. The summed E-state index contributed by atoms with van der Waals surface area (Å²) in [6.45, 7) is 10.5. The molecule has 4 aromatic rings. The summed E-state index contributed by atoms with van der Waals surface area (Å²) in [4.78, 5) is 17.5. The number of unbranched alkanes of at least 4 members (excludes halogenated alkanes) is 1. The largest absolute Gasteiger partial charge is 0.494 e. The van der Waals surface area contributed by atoms with E-state index in [4.69, 9.17) is 9.72 Å². The molecule has 3 aromatic carbocycles. The van der Waals surface area contributed by atoms with E-state index >= 15 is 0 Å². The Kier molecular flexibility index (Phi) is 8.42. The van der Waals surface area contributed by atoms with Gasteiger partial charge in [0, 0.05) is 25.1 Å². The molecule has 0 unspecified atom stereocenters. The summed E-state index contributed by atoms with van der Waals surface area (Å²) in [7, 11) is 0. The van der Waals surface area contributed by atoms with Gasteiger partial charge in [-0.15, -0.1) is 0 Å². The number of aromatic nitrogens is 2. The summed E-state index contributed by atoms with van der Waals surface area (Å²) >= 11 is 0. The third kappa shape index (κ3) is 6.34. The molecule has 0 saturated carbocycles. The van der Waals surface area contributed by atoms with Gasteiger partial charge in [0.05, 0.1) is 17.6 Å². The number of fused-ring (bicyclic) bond motifs is 1. The SMILES string of the molecule is Cc1ccc(C(=O)NCCCc2nc3ccccc3n2CCCCOc2ccc(C)c(C)c2)c(C)c1. The number of amides is 1. The minimum atomic E-state index is -0.00947. The molecule has 4 rings (SSSR count). The van der Waals surface area contributed by atoms with Gasteiger partial charge in [-0.2, -0.15) is 0 Å². The average molecular weight is 484 g/mol. The topological polar surface area (TPSA) is 56.2 Å². The predicted octanol–water partition coefficient (Wildman–Crippen LogP) is 6.49. The summed E-state index contributed by atoms with van der Waals surface area (Å²) < 4.78 is 8.30. The van der Waals surface area contributed by atoms with Crippen LogP contribution < -0.4 is 10.1 Å². The standard InChI is InChI=1S/C31H37N3O2/c1-22-13-16-27(25(4)20-22)31(35)32-17-9-12-30-33-28-10-5-6-11-29(28)34(30)18-7-8-19-36-26-15-14-23(2)24(3)21-26/h5-6,10-11,13-16,20-21H,7-9,12,17-19H2,1-4H3,(H,32,35). The van der Waals surface area contributed by atoms with Crippen LogP contribution in [0.5, 0.6) is 5.75 Å². The maximum atomic E-state index is 12.6. The summed E-state index contributed by atoms with van der Waals surface area (Å²) in [5, 5.41) is 3.07. The normalized spacial score (nSPS) is 11.1. The maximum Gasteiger partial charge on any atom is 0.251 e. The van der Waals surface area contributed by atoms with Gasteiger partial charge in [-0.3, -0.25) is 4.79 Å². The second-order valence-corrected chi connectivity index (χ2v) is 9.65. The molecule has 1 amide bonds. The van der Waals surface area contributed by atoms with Gasteiger partial charge >= 0.3 is 0 Å². The average Bonchev–Trinajstić information content (AvgIpc) is 3.21. The Labute approximate surface area is 214 Å². The lowest BCUT2D eigenvalue weighted by atomic mass is 10.1. The number of nitrogens with one attached hydrogen (secondary N) is 1. The second kappa shape index (κ2) is 11.9. The Morgan fingerprint density at radius 2 is 1.72 bits per heavy atom. The molecule has 188 valence electrons. The van der Waals surface area contributed by atoms with Crippen LogP contribution in [0.25, 0.3) is 11.0 Å². The maximum absolute atomic E-state index is 12.6. The van der Waals surface area contributed by atoms with Crippen molar-refractivity contribution in [2.75, 3.05) is 13.2 Å². The molecule has 0 aliphatic carbocycles. The van der Waals surface area contributed by atoms with Crippen LogP contribution in [-0.4, -0.2) is 28.6 Å². The van der Waals surface area contributed by atoms with Crippen molar-refractivity contribution in [2.45, 2.75) is 59.9 Å². The molecule has 0 aliphatic heterocycles. The van der Waals surface area contributed by atoms with Crippen molar-refractivity contribution in [3.63, 3.8) is 0 Å². The van der Waals surface area contributed by atoms with Crippen LogP contribution >= 0.6 is 0 Å². The monoisotopic (exact) mass is 483 g/mol. The lowest BCUT2D eigenvalue weighted by molar-refractivity contribution is 0.0952. The Morgan fingerprint density at radius 3 is 2.53 bits per heavy atom. The fourth-order valence-electron chi connectivity index (χ4n) is 4.54. The van der Waals surface area contributed by atoms with Crippen molar-refractivity contribution >= 4 is 16.9 Å².